The molecule has 1 saturated carbocycles. The molecule has 0 aromatic rings. The van der Waals surface area contributed by atoms with Gasteiger partial charge in [-0.2, -0.15) is 0 Å². The number of morpholine rings is 1. The molecular weight excluding hydrogens is 214 g/mol. The summed E-state index contributed by atoms with van der Waals surface area (Å²) in [5.74, 6) is 1.53. The molecule has 0 aromatic heterocycles. The first-order valence-corrected chi connectivity index (χ1v) is 7.11. The first-order chi connectivity index (χ1) is 8.16. The van der Waals surface area contributed by atoms with Crippen LogP contribution in [0.2, 0.25) is 0 Å². The first-order valence-electron chi connectivity index (χ1n) is 7.11. The molecule has 3 heteroatoms. The summed E-state index contributed by atoms with van der Waals surface area (Å²) in [5, 5.41) is 3.61. The van der Waals surface area contributed by atoms with Gasteiger partial charge >= 0.3 is 0 Å². The van der Waals surface area contributed by atoms with E-state index in [-0.39, 0.29) is 5.60 Å². The Morgan fingerprint density at radius 3 is 2.65 bits per heavy atom. The highest BCUT2D eigenvalue weighted by molar-refractivity contribution is 5.00. The van der Waals surface area contributed by atoms with Gasteiger partial charge in [0.1, 0.15) is 0 Å². The number of nitrogens with one attached hydrogen (secondary N) is 1. The summed E-state index contributed by atoms with van der Waals surface area (Å²) in [5.41, 5.74) is 0.0322. The van der Waals surface area contributed by atoms with E-state index in [0.717, 1.165) is 38.2 Å². The van der Waals surface area contributed by atoms with E-state index >= 15 is 0 Å². The van der Waals surface area contributed by atoms with E-state index in [2.05, 4.69) is 26.1 Å². The van der Waals surface area contributed by atoms with E-state index in [9.17, 15) is 0 Å². The zero-order valence-corrected chi connectivity index (χ0v) is 11.5. The Morgan fingerprint density at radius 1 is 1.29 bits per heavy atom. The fourth-order valence-electron chi connectivity index (χ4n) is 3.74. The van der Waals surface area contributed by atoms with Crippen molar-refractivity contribution in [3.05, 3.63) is 0 Å². The van der Waals surface area contributed by atoms with Crippen molar-refractivity contribution >= 4 is 0 Å². The molecule has 3 nitrogen and oxygen atoms in total. The average molecular weight is 241 g/mol. The van der Waals surface area contributed by atoms with Crippen LogP contribution >= 0.6 is 0 Å². The minimum atomic E-state index is 0.0322. The Hall–Kier alpha value is -0.120. The molecule has 100 valence electrons. The lowest BCUT2D eigenvalue weighted by atomic mass is 9.70. The monoisotopic (exact) mass is 241 g/mol. The van der Waals surface area contributed by atoms with Crippen LogP contribution < -0.4 is 5.32 Å². The number of hydrogen-bond acceptors (Lipinski definition) is 3. The summed E-state index contributed by atoms with van der Waals surface area (Å²) in [6.45, 7) is 10.2. The Morgan fingerprint density at radius 2 is 2.00 bits per heavy atom. The second-order valence-electron chi connectivity index (χ2n) is 5.93. The lowest BCUT2D eigenvalue weighted by molar-refractivity contribution is -0.148. The van der Waals surface area contributed by atoms with Crippen LogP contribution in [0.3, 0.4) is 0 Å². The molecule has 1 aliphatic heterocycles. The molecule has 1 heterocycles. The molecule has 0 amide bonds. The van der Waals surface area contributed by atoms with Gasteiger partial charge in [-0.15, -0.1) is 0 Å². The maximum absolute atomic E-state index is 6.21. The molecule has 1 N–H and O–H groups in total. The van der Waals surface area contributed by atoms with E-state index in [1.165, 1.54) is 19.3 Å². The van der Waals surface area contributed by atoms with Crippen LogP contribution in [0.15, 0.2) is 0 Å². The predicted molar refractivity (Wildman–Crippen MR) is 69.1 cm³/mol. The topological polar surface area (TPSA) is 30.5 Å². The van der Waals surface area contributed by atoms with Crippen molar-refractivity contribution in [1.29, 1.82) is 0 Å². The molecule has 2 fully saturated rings. The molecule has 17 heavy (non-hydrogen) atoms. The Labute approximate surface area is 105 Å². The molecule has 2 aliphatic rings. The smallest absolute Gasteiger partial charge is 0.0863 e. The average Bonchev–Trinajstić information content (AvgIpc) is 2.26. The van der Waals surface area contributed by atoms with Gasteiger partial charge in [0.15, 0.2) is 0 Å². The number of hydrogen-bond donors (Lipinski definition) is 1. The highest BCUT2D eigenvalue weighted by atomic mass is 16.5. The van der Waals surface area contributed by atoms with Gasteiger partial charge in [0, 0.05) is 13.2 Å². The van der Waals surface area contributed by atoms with Crippen LogP contribution in [0.1, 0.15) is 40.0 Å². The summed E-state index contributed by atoms with van der Waals surface area (Å²) in [6, 6.07) is 0.376. The summed E-state index contributed by atoms with van der Waals surface area (Å²) < 4.78 is 11.8. The second-order valence-corrected chi connectivity index (χ2v) is 5.93. The van der Waals surface area contributed by atoms with Gasteiger partial charge in [-0.3, -0.25) is 0 Å². The van der Waals surface area contributed by atoms with Gasteiger partial charge in [0.05, 0.1) is 24.9 Å². The third-order valence-corrected chi connectivity index (χ3v) is 4.20. The molecule has 3 atom stereocenters. The van der Waals surface area contributed by atoms with Crippen molar-refractivity contribution in [3.8, 4) is 0 Å². The van der Waals surface area contributed by atoms with E-state index in [0.29, 0.717) is 6.04 Å². The van der Waals surface area contributed by atoms with Crippen LogP contribution in [0.5, 0.6) is 0 Å². The highest BCUT2D eigenvalue weighted by Gasteiger charge is 2.46. The van der Waals surface area contributed by atoms with Crippen LogP contribution in [0.4, 0.5) is 0 Å². The van der Waals surface area contributed by atoms with E-state index < -0.39 is 0 Å². The molecular formula is C14H27NO2. The van der Waals surface area contributed by atoms with Crippen molar-refractivity contribution in [1.82, 2.24) is 5.32 Å². The van der Waals surface area contributed by atoms with Gasteiger partial charge in [0.2, 0.25) is 0 Å². The maximum atomic E-state index is 6.21. The Kier molecular flexibility index (Phi) is 4.45. The third-order valence-electron chi connectivity index (χ3n) is 4.20. The molecule has 3 unspecified atom stereocenters. The zero-order chi connectivity index (χ0) is 12.3. The van der Waals surface area contributed by atoms with Gasteiger partial charge in [-0.25, -0.2) is 0 Å². The van der Waals surface area contributed by atoms with Crippen molar-refractivity contribution in [2.45, 2.75) is 51.7 Å². The maximum Gasteiger partial charge on any atom is 0.0863 e. The predicted octanol–water partition coefficient (Wildman–Crippen LogP) is 2.21. The Balaban J connectivity index is 2.06. The molecule has 1 spiro atoms. The van der Waals surface area contributed by atoms with Gasteiger partial charge in [-0.1, -0.05) is 13.8 Å². The van der Waals surface area contributed by atoms with Crippen LogP contribution in [0, 0.1) is 11.8 Å². The second kappa shape index (κ2) is 5.68. The van der Waals surface area contributed by atoms with Crippen molar-refractivity contribution in [2.24, 2.45) is 11.8 Å². The summed E-state index contributed by atoms with van der Waals surface area (Å²) in [7, 11) is 0. The third kappa shape index (κ3) is 3.01. The van der Waals surface area contributed by atoms with Crippen molar-refractivity contribution < 1.29 is 9.47 Å². The number of rotatable bonds is 3. The molecule has 0 bridgehead atoms. The summed E-state index contributed by atoms with van der Waals surface area (Å²) in [6.07, 6.45) is 3.70. The summed E-state index contributed by atoms with van der Waals surface area (Å²) in [4.78, 5) is 0. The minimum absolute atomic E-state index is 0.0322. The molecule has 0 radical (unpaired) electrons. The molecule has 2 rings (SSSR count). The SMILES string of the molecule is CCOCC1NCCOC12CC(C)CC(C)C2. The zero-order valence-electron chi connectivity index (χ0n) is 11.5. The fraction of sp³-hybridized carbons (Fsp3) is 1.00. The van der Waals surface area contributed by atoms with Crippen molar-refractivity contribution in [3.63, 3.8) is 0 Å². The van der Waals surface area contributed by atoms with Crippen molar-refractivity contribution in [2.75, 3.05) is 26.4 Å². The van der Waals surface area contributed by atoms with Crippen LogP contribution in [0.25, 0.3) is 0 Å². The summed E-state index contributed by atoms with van der Waals surface area (Å²) >= 11 is 0. The minimum Gasteiger partial charge on any atom is -0.380 e. The Bertz CT molecular complexity index is 234. The fourth-order valence-corrected chi connectivity index (χ4v) is 3.74. The van der Waals surface area contributed by atoms with Gasteiger partial charge < -0.3 is 14.8 Å². The van der Waals surface area contributed by atoms with Crippen LogP contribution in [-0.4, -0.2) is 38.0 Å². The quantitative estimate of drug-likeness (QED) is 0.822. The van der Waals surface area contributed by atoms with Gasteiger partial charge in [-0.05, 0) is 38.0 Å². The lowest BCUT2D eigenvalue weighted by Crippen LogP contribution is -2.62. The molecule has 1 aliphatic carbocycles. The molecule has 1 saturated heterocycles. The van der Waals surface area contributed by atoms with Crippen LogP contribution in [-0.2, 0) is 9.47 Å². The normalized spacial score (nSPS) is 42.9. The molecule has 0 aromatic carbocycles. The van der Waals surface area contributed by atoms with Gasteiger partial charge in [0.25, 0.3) is 0 Å². The number of ether oxygens (including phenoxy) is 2. The first kappa shape index (κ1) is 13.3. The standard InChI is InChI=1S/C14H27NO2/c1-4-16-10-13-14(17-6-5-15-13)8-11(2)7-12(3)9-14/h11-13,15H,4-10H2,1-3H3. The van der Waals surface area contributed by atoms with E-state index in [1.54, 1.807) is 0 Å². The largest absolute Gasteiger partial charge is 0.380 e. The lowest BCUT2D eigenvalue weighted by Gasteiger charge is -2.50. The van der Waals surface area contributed by atoms with E-state index in [4.69, 9.17) is 9.47 Å². The van der Waals surface area contributed by atoms with E-state index in [1.807, 2.05) is 0 Å². The highest BCUT2D eigenvalue weighted by Crippen LogP contribution is 2.41.